The topological polar surface area (TPSA) is 44.8 Å². The maximum absolute atomic E-state index is 10.9. The predicted octanol–water partition coefficient (Wildman–Crippen LogP) is 1.28. The summed E-state index contributed by atoms with van der Waals surface area (Å²) in [5.41, 5.74) is 0.414. The van der Waals surface area contributed by atoms with Crippen molar-refractivity contribution in [2.75, 3.05) is 26.9 Å². The zero-order valence-electron chi connectivity index (χ0n) is 8.45. The van der Waals surface area contributed by atoms with Gasteiger partial charge in [-0.05, 0) is 0 Å². The molecule has 0 rings (SSSR count). The molecule has 0 aliphatic carbocycles. The molecule has 0 bridgehead atoms. The van der Waals surface area contributed by atoms with E-state index in [4.69, 9.17) is 9.47 Å². The quantitative estimate of drug-likeness (QED) is 0.256. The Balaban J connectivity index is 3.31. The van der Waals surface area contributed by atoms with E-state index in [9.17, 15) is 4.79 Å². The Kier molecular flexibility index (Phi) is 7.55. The fourth-order valence-corrected chi connectivity index (χ4v) is 0.734. The highest BCUT2D eigenvalue weighted by Crippen LogP contribution is 2.00. The number of ether oxygens (including phenoxy) is 3. The van der Waals surface area contributed by atoms with Gasteiger partial charge in [-0.25, -0.2) is 4.79 Å². The van der Waals surface area contributed by atoms with Crippen LogP contribution in [0.1, 0.15) is 6.42 Å². The van der Waals surface area contributed by atoms with Crippen molar-refractivity contribution in [3.05, 3.63) is 25.0 Å². The number of esters is 1. The Morgan fingerprint density at radius 3 is 2.64 bits per heavy atom. The van der Waals surface area contributed by atoms with E-state index in [2.05, 4.69) is 17.9 Å². The Morgan fingerprint density at radius 2 is 2.07 bits per heavy atom. The van der Waals surface area contributed by atoms with E-state index < -0.39 is 5.97 Å². The molecule has 0 aliphatic rings. The lowest BCUT2D eigenvalue weighted by atomic mass is 10.2. The van der Waals surface area contributed by atoms with Gasteiger partial charge in [-0.15, -0.1) is 0 Å². The molecule has 0 amide bonds. The second kappa shape index (κ2) is 8.31. The van der Waals surface area contributed by atoms with Gasteiger partial charge < -0.3 is 14.2 Å². The summed E-state index contributed by atoms with van der Waals surface area (Å²) in [4.78, 5) is 10.9. The molecule has 0 aromatic rings. The average Bonchev–Trinajstić information content (AvgIpc) is 2.21. The van der Waals surface area contributed by atoms with Crippen molar-refractivity contribution in [2.45, 2.75) is 6.42 Å². The number of carbonyl (C=O) groups is 1. The second-order valence-electron chi connectivity index (χ2n) is 2.49. The lowest BCUT2D eigenvalue weighted by molar-refractivity contribution is -0.136. The third-order valence-electron chi connectivity index (χ3n) is 1.49. The minimum absolute atomic E-state index is 0.393. The van der Waals surface area contributed by atoms with E-state index in [1.807, 2.05) is 0 Å². The van der Waals surface area contributed by atoms with Crippen molar-refractivity contribution >= 4 is 5.97 Å². The van der Waals surface area contributed by atoms with Gasteiger partial charge in [0.1, 0.15) is 6.61 Å². The first-order valence-corrected chi connectivity index (χ1v) is 4.28. The molecule has 0 saturated carbocycles. The lowest BCUT2D eigenvalue weighted by Gasteiger charge is -2.05. The molecule has 4 nitrogen and oxygen atoms in total. The van der Waals surface area contributed by atoms with Gasteiger partial charge in [0, 0.05) is 12.0 Å². The molecule has 0 radical (unpaired) electrons. The molecule has 14 heavy (non-hydrogen) atoms. The molecule has 0 aromatic heterocycles. The van der Waals surface area contributed by atoms with Crippen LogP contribution in [0.25, 0.3) is 0 Å². The van der Waals surface area contributed by atoms with Crippen LogP contribution < -0.4 is 0 Å². The van der Waals surface area contributed by atoms with Gasteiger partial charge in [-0.2, -0.15) is 0 Å². The van der Waals surface area contributed by atoms with E-state index in [1.54, 1.807) is 0 Å². The highest BCUT2D eigenvalue weighted by molar-refractivity contribution is 5.87. The van der Waals surface area contributed by atoms with E-state index in [0.717, 1.165) is 0 Å². The summed E-state index contributed by atoms with van der Waals surface area (Å²) < 4.78 is 14.5. The van der Waals surface area contributed by atoms with Gasteiger partial charge in [0.15, 0.2) is 0 Å². The summed E-state index contributed by atoms with van der Waals surface area (Å²) in [5.74, 6) is -0.393. The third-order valence-corrected chi connectivity index (χ3v) is 1.49. The smallest absolute Gasteiger partial charge is 0.333 e. The normalized spacial score (nSPS) is 9.21. The summed E-state index contributed by atoms with van der Waals surface area (Å²) in [6.07, 6.45) is 1.83. The Hall–Kier alpha value is -1.29. The first kappa shape index (κ1) is 12.7. The molecular weight excluding hydrogens is 184 g/mol. The average molecular weight is 200 g/mol. The first-order valence-electron chi connectivity index (χ1n) is 4.28. The van der Waals surface area contributed by atoms with Crippen molar-refractivity contribution in [2.24, 2.45) is 0 Å². The highest BCUT2D eigenvalue weighted by atomic mass is 16.5. The van der Waals surface area contributed by atoms with Crippen molar-refractivity contribution in [3.63, 3.8) is 0 Å². The summed E-state index contributed by atoms with van der Waals surface area (Å²) in [7, 11) is 1.33. The van der Waals surface area contributed by atoms with Crippen molar-refractivity contribution in [1.82, 2.24) is 0 Å². The molecule has 0 aliphatic heterocycles. The van der Waals surface area contributed by atoms with Crippen LogP contribution in [-0.2, 0) is 19.0 Å². The van der Waals surface area contributed by atoms with E-state index in [-0.39, 0.29) is 0 Å². The molecule has 80 valence electrons. The summed E-state index contributed by atoms with van der Waals surface area (Å²) in [6, 6.07) is 0. The van der Waals surface area contributed by atoms with Gasteiger partial charge >= 0.3 is 5.97 Å². The molecule has 0 aromatic carbocycles. The van der Waals surface area contributed by atoms with Crippen LogP contribution in [0.15, 0.2) is 25.0 Å². The summed E-state index contributed by atoms with van der Waals surface area (Å²) >= 11 is 0. The monoisotopic (exact) mass is 200 g/mol. The van der Waals surface area contributed by atoms with Gasteiger partial charge in [-0.1, -0.05) is 13.2 Å². The van der Waals surface area contributed by atoms with Crippen LogP contribution in [0.4, 0.5) is 0 Å². The zero-order valence-corrected chi connectivity index (χ0v) is 8.45. The number of rotatable bonds is 8. The molecule has 0 spiro atoms. The standard InChI is InChI=1S/C10H16O4/c1-4-13-7-8-14-6-5-9(2)10(11)12-3/h4H,1-2,5-8H2,3H3. The third kappa shape index (κ3) is 6.25. The number of carbonyl (C=O) groups excluding carboxylic acids is 1. The summed E-state index contributed by atoms with van der Waals surface area (Å²) in [5, 5.41) is 0. The maximum atomic E-state index is 10.9. The second-order valence-corrected chi connectivity index (χ2v) is 2.49. The Labute approximate surface area is 84.1 Å². The van der Waals surface area contributed by atoms with Crippen LogP contribution >= 0.6 is 0 Å². The number of methoxy groups -OCH3 is 1. The van der Waals surface area contributed by atoms with Gasteiger partial charge in [0.05, 0.1) is 26.6 Å². The van der Waals surface area contributed by atoms with Crippen LogP contribution in [0.3, 0.4) is 0 Å². The van der Waals surface area contributed by atoms with Crippen LogP contribution in [0, 0.1) is 0 Å². The van der Waals surface area contributed by atoms with Crippen molar-refractivity contribution < 1.29 is 19.0 Å². The minimum atomic E-state index is -0.393. The summed E-state index contributed by atoms with van der Waals surface area (Å²) in [6.45, 7) is 8.32. The van der Waals surface area contributed by atoms with E-state index in [0.29, 0.717) is 31.8 Å². The fourth-order valence-electron chi connectivity index (χ4n) is 0.734. The largest absolute Gasteiger partial charge is 0.499 e. The molecule has 0 N–H and O–H groups in total. The molecule has 0 heterocycles. The first-order chi connectivity index (χ1) is 6.72. The Bertz CT molecular complexity index is 198. The fraction of sp³-hybridized carbons (Fsp3) is 0.500. The van der Waals surface area contributed by atoms with E-state index in [1.165, 1.54) is 13.4 Å². The van der Waals surface area contributed by atoms with Crippen molar-refractivity contribution in [1.29, 1.82) is 0 Å². The molecular formula is C10H16O4. The van der Waals surface area contributed by atoms with Crippen LogP contribution in [0.2, 0.25) is 0 Å². The molecule has 0 saturated heterocycles. The van der Waals surface area contributed by atoms with Crippen LogP contribution in [-0.4, -0.2) is 32.9 Å². The number of hydrogen-bond donors (Lipinski definition) is 0. The van der Waals surface area contributed by atoms with Gasteiger partial charge in [-0.3, -0.25) is 0 Å². The molecule has 0 unspecified atom stereocenters. The highest BCUT2D eigenvalue weighted by Gasteiger charge is 2.05. The zero-order chi connectivity index (χ0) is 10.8. The number of hydrogen-bond acceptors (Lipinski definition) is 4. The van der Waals surface area contributed by atoms with Crippen LogP contribution in [0.5, 0.6) is 0 Å². The van der Waals surface area contributed by atoms with Crippen molar-refractivity contribution in [3.8, 4) is 0 Å². The van der Waals surface area contributed by atoms with E-state index >= 15 is 0 Å². The predicted molar refractivity (Wildman–Crippen MR) is 52.7 cm³/mol. The van der Waals surface area contributed by atoms with Gasteiger partial charge in [0.2, 0.25) is 0 Å². The lowest BCUT2D eigenvalue weighted by Crippen LogP contribution is -2.08. The SMILES string of the molecule is C=COCCOCCC(=C)C(=O)OC. The molecule has 0 fully saturated rings. The van der Waals surface area contributed by atoms with Gasteiger partial charge in [0.25, 0.3) is 0 Å². The maximum Gasteiger partial charge on any atom is 0.333 e. The minimum Gasteiger partial charge on any atom is -0.499 e. The molecule has 0 atom stereocenters. The molecule has 4 heteroatoms. The Morgan fingerprint density at radius 1 is 1.36 bits per heavy atom.